The van der Waals surface area contributed by atoms with E-state index in [2.05, 4.69) is 59.9 Å². The molecular formula is C54H96N9O28PS. The fourth-order valence-corrected chi connectivity index (χ4v) is 11.4. The number of amides is 8. The van der Waals surface area contributed by atoms with E-state index in [4.69, 9.17) is 47.2 Å². The van der Waals surface area contributed by atoms with Crippen LogP contribution >= 0.6 is 19.0 Å². The van der Waals surface area contributed by atoms with Gasteiger partial charge in [0.15, 0.2) is 18.9 Å². The van der Waals surface area contributed by atoms with E-state index < -0.39 is 196 Å². The molecule has 3 aliphatic heterocycles. The Bertz CT molecular complexity index is 2380. The van der Waals surface area contributed by atoms with Crippen LogP contribution in [-0.4, -0.2) is 309 Å². The Morgan fingerprint density at radius 1 is 0.495 bits per heavy atom. The zero-order valence-electron chi connectivity index (χ0n) is 52.4. The summed E-state index contributed by atoms with van der Waals surface area (Å²) in [6.07, 6.45) is -17.1. The second-order valence-electron chi connectivity index (χ2n) is 22.3. The minimum Gasteiger partial charge on any atom is -0.394 e. The van der Waals surface area contributed by atoms with Gasteiger partial charge in [0, 0.05) is 59.2 Å². The van der Waals surface area contributed by atoms with Crippen LogP contribution in [0.2, 0.25) is 0 Å². The normalized spacial score (nSPS) is 30.1. The first-order valence-corrected chi connectivity index (χ1v) is 33.4. The largest absolute Gasteiger partial charge is 0.394 e. The molecule has 4 rings (SSSR count). The van der Waals surface area contributed by atoms with Crippen LogP contribution in [0.1, 0.15) is 72.1 Å². The SMILES string of the molecule is CNP(=O)(S)OC1CCC(C(=O)NC(CCC(=O)NC(CCC(=O)NCCOCCOC2OC(CO)C(O)C(O)C2NC(C)=O)C(=O)NCCOCCOC2OC(CO)C(O)C(O)C2NC(C)=O)C(=O)NCCOCCOC2OC(CO)C(O)C(O)C2NC(C)=O)CC1. The number of hydrogen-bond donors (Lipinski definition) is 19. The molecule has 18 atom stereocenters. The van der Waals surface area contributed by atoms with Gasteiger partial charge in [0.25, 0.3) is 0 Å². The highest BCUT2D eigenvalue weighted by molar-refractivity contribution is 8.45. The highest BCUT2D eigenvalue weighted by Crippen LogP contribution is 2.50. The van der Waals surface area contributed by atoms with Crippen molar-refractivity contribution in [1.82, 2.24) is 47.6 Å². The number of nitrogens with one attached hydrogen (secondary N) is 9. The lowest BCUT2D eigenvalue weighted by molar-refractivity contribution is -0.272. The summed E-state index contributed by atoms with van der Waals surface area (Å²) in [6, 6.07) is -6.23. The van der Waals surface area contributed by atoms with Crippen LogP contribution in [0.3, 0.4) is 0 Å². The fourth-order valence-electron chi connectivity index (χ4n) is 10.2. The average molecular weight is 1380 g/mol. The highest BCUT2D eigenvalue weighted by Gasteiger charge is 2.48. The number of rotatable bonds is 41. The molecule has 4 aliphatic rings. The molecule has 0 radical (unpaired) electrons. The van der Waals surface area contributed by atoms with Crippen molar-refractivity contribution in [2.24, 2.45) is 5.92 Å². The lowest BCUT2D eigenvalue weighted by atomic mass is 9.86. The summed E-state index contributed by atoms with van der Waals surface area (Å²) in [5.41, 5.74) is 0. The Morgan fingerprint density at radius 2 is 0.849 bits per heavy atom. The van der Waals surface area contributed by atoms with Crippen molar-refractivity contribution in [1.29, 1.82) is 0 Å². The first kappa shape index (κ1) is 81.0. The van der Waals surface area contributed by atoms with E-state index in [0.717, 1.165) is 0 Å². The molecule has 1 saturated carbocycles. The van der Waals surface area contributed by atoms with Gasteiger partial charge in [0.05, 0.1) is 85.4 Å². The van der Waals surface area contributed by atoms with E-state index in [1.165, 1.54) is 27.8 Å². The molecule has 39 heteroatoms. The Labute approximate surface area is 542 Å². The zero-order valence-corrected chi connectivity index (χ0v) is 54.2. The summed E-state index contributed by atoms with van der Waals surface area (Å²) in [5.74, 6) is -5.53. The van der Waals surface area contributed by atoms with E-state index in [1.807, 2.05) is 0 Å². The summed E-state index contributed by atoms with van der Waals surface area (Å²) in [5, 5.41) is 114. The molecule has 0 aromatic rings. The third kappa shape index (κ3) is 27.9. The van der Waals surface area contributed by atoms with Gasteiger partial charge in [-0.3, -0.25) is 42.9 Å². The van der Waals surface area contributed by atoms with Crippen LogP contribution in [0, 0.1) is 5.92 Å². The quantitative estimate of drug-likeness (QED) is 0.0154. The van der Waals surface area contributed by atoms with Gasteiger partial charge >= 0.3 is 6.72 Å². The van der Waals surface area contributed by atoms with Gasteiger partial charge < -0.3 is 136 Å². The van der Waals surface area contributed by atoms with Crippen molar-refractivity contribution < 1.29 is 136 Å². The Kier molecular flexibility index (Phi) is 36.8. The van der Waals surface area contributed by atoms with Gasteiger partial charge in [-0.25, -0.2) is 5.09 Å². The van der Waals surface area contributed by atoms with Crippen LogP contribution in [0.5, 0.6) is 0 Å². The number of aliphatic hydroxyl groups excluding tert-OH is 9. The van der Waals surface area contributed by atoms with Crippen molar-refractivity contribution in [3.63, 3.8) is 0 Å². The van der Waals surface area contributed by atoms with E-state index >= 15 is 0 Å². The van der Waals surface area contributed by atoms with E-state index in [1.54, 1.807) is 0 Å². The maximum absolute atomic E-state index is 13.8. The standard InChI is InChI=1S/C54H96N9O28PS/c1-28(67)59-40-46(75)43(72)35(25-64)88-52(40)85-22-19-82-16-13-56-38(70)11-9-33(50(79)57-14-17-83-20-23-86-53-41(60-29(2)68)47(76)44(73)36(26-65)89-53)62-39(71)12-10-34(63-49(78)31-5-7-32(8-6-31)91-92(81,93)55-4)51(80)58-15-18-84-21-24-87-54-42(61-30(3)69)48(77)45(74)37(27-66)90-54/h31-37,40-48,52-54,64-66,72-77H,5-27H2,1-4H3,(H,56,70)(H,57,79)(H,58,80)(H,59,67)(H,60,68)(H,61,69)(H,62,71)(H,63,78)(H2,55,81,93). The summed E-state index contributed by atoms with van der Waals surface area (Å²) in [7, 11) is 1.43. The monoisotopic (exact) mass is 1380 g/mol. The topological polar surface area (TPSA) is 536 Å². The van der Waals surface area contributed by atoms with Crippen molar-refractivity contribution >= 4 is 66.2 Å². The summed E-state index contributed by atoms with van der Waals surface area (Å²) in [4.78, 5) is 104. The Morgan fingerprint density at radius 3 is 1.20 bits per heavy atom. The van der Waals surface area contributed by atoms with Gasteiger partial charge in [-0.1, -0.05) is 12.2 Å². The van der Waals surface area contributed by atoms with Gasteiger partial charge in [0.1, 0.15) is 85.1 Å². The Balaban J connectivity index is 1.36. The van der Waals surface area contributed by atoms with Gasteiger partial charge in [-0.15, -0.1) is 0 Å². The molecule has 1 aliphatic carbocycles. The smallest absolute Gasteiger partial charge is 0.323 e. The van der Waals surface area contributed by atoms with Crippen LogP contribution < -0.4 is 47.6 Å². The van der Waals surface area contributed by atoms with Crippen molar-refractivity contribution in [2.75, 3.05) is 106 Å². The number of aliphatic hydroxyl groups is 9. The number of carbonyl (C=O) groups is 8. The van der Waals surface area contributed by atoms with E-state index in [9.17, 15) is 88.9 Å². The number of ether oxygens (including phenoxy) is 9. The van der Waals surface area contributed by atoms with Crippen LogP contribution in [-0.2, 0) is 90.1 Å². The molecule has 0 bridgehead atoms. The van der Waals surface area contributed by atoms with Crippen molar-refractivity contribution in [2.45, 2.75) is 182 Å². The molecule has 3 heterocycles. The lowest BCUT2D eigenvalue weighted by Gasteiger charge is -2.42. The maximum Gasteiger partial charge on any atom is 0.323 e. The molecular weight excluding hydrogens is 1290 g/mol. The molecule has 93 heavy (non-hydrogen) atoms. The van der Waals surface area contributed by atoms with Crippen LogP contribution in [0.15, 0.2) is 0 Å². The Hall–Kier alpha value is -4.46. The second-order valence-corrected chi connectivity index (χ2v) is 25.5. The van der Waals surface area contributed by atoms with Crippen LogP contribution in [0.4, 0.5) is 0 Å². The number of hydrogen-bond acceptors (Lipinski definition) is 28. The molecule has 4 fully saturated rings. The van der Waals surface area contributed by atoms with Gasteiger partial charge in [0.2, 0.25) is 47.3 Å². The van der Waals surface area contributed by atoms with Crippen molar-refractivity contribution in [3.8, 4) is 0 Å². The predicted molar refractivity (Wildman–Crippen MR) is 320 cm³/mol. The summed E-state index contributed by atoms with van der Waals surface area (Å²) in [6.45, 7) is -3.06. The van der Waals surface area contributed by atoms with Gasteiger partial charge in [-0.2, -0.15) is 0 Å². The molecule has 8 amide bonds. The molecule has 0 aromatic carbocycles. The first-order valence-electron chi connectivity index (χ1n) is 30.6. The fraction of sp³-hybridized carbons (Fsp3) is 0.852. The third-order valence-corrected chi connectivity index (χ3v) is 17.2. The summed E-state index contributed by atoms with van der Waals surface area (Å²) >= 11 is 4.03. The molecule has 536 valence electrons. The number of thiol groups is 1. The zero-order chi connectivity index (χ0) is 68.8. The highest BCUT2D eigenvalue weighted by atomic mass is 32.7. The van der Waals surface area contributed by atoms with Crippen LogP contribution in [0.25, 0.3) is 0 Å². The molecule has 37 nitrogen and oxygen atoms in total. The van der Waals surface area contributed by atoms with E-state index in [-0.39, 0.29) is 98.4 Å². The molecule has 3 saturated heterocycles. The lowest BCUT2D eigenvalue weighted by Crippen LogP contribution is -2.64. The predicted octanol–water partition coefficient (Wildman–Crippen LogP) is -8.37. The van der Waals surface area contributed by atoms with Gasteiger partial charge in [-0.05, 0) is 45.6 Å². The minimum atomic E-state index is -3.38. The molecule has 0 spiro atoms. The number of carbonyl (C=O) groups excluding carboxylic acids is 8. The average Bonchev–Trinajstić information content (AvgIpc) is 0.867. The molecule has 18 N–H and O–H groups in total. The third-order valence-electron chi connectivity index (χ3n) is 15.2. The minimum absolute atomic E-state index is 0.0264. The first-order chi connectivity index (χ1) is 44.2. The summed E-state index contributed by atoms with van der Waals surface area (Å²) < 4.78 is 68.3. The van der Waals surface area contributed by atoms with Crippen molar-refractivity contribution in [3.05, 3.63) is 0 Å². The maximum atomic E-state index is 13.8. The second kappa shape index (κ2) is 42.3. The molecule has 18 unspecified atom stereocenters. The van der Waals surface area contributed by atoms with E-state index in [0.29, 0.717) is 25.7 Å². The molecule has 0 aromatic heterocycles.